The average Bonchev–Trinajstić information content (AvgIpc) is 3.08. The Hall–Kier alpha value is -2.47. The highest BCUT2D eigenvalue weighted by Gasteiger charge is 2.26. The van der Waals surface area contributed by atoms with Crippen molar-refractivity contribution in [2.75, 3.05) is 0 Å². The maximum absolute atomic E-state index is 14.0. The summed E-state index contributed by atoms with van der Waals surface area (Å²) in [6.45, 7) is 1.57. The summed E-state index contributed by atoms with van der Waals surface area (Å²) in [7, 11) is 0. The van der Waals surface area contributed by atoms with E-state index in [2.05, 4.69) is 10.3 Å². The van der Waals surface area contributed by atoms with Crippen LogP contribution in [-0.2, 0) is 0 Å². The van der Waals surface area contributed by atoms with Crippen molar-refractivity contribution >= 4 is 17.5 Å². The zero-order valence-electron chi connectivity index (χ0n) is 10.9. The molecule has 2 aromatic heterocycles. The van der Waals surface area contributed by atoms with E-state index in [-0.39, 0.29) is 27.6 Å². The van der Waals surface area contributed by atoms with Crippen LogP contribution in [0.3, 0.4) is 0 Å². The molecule has 0 saturated carbocycles. The highest BCUT2D eigenvalue weighted by Crippen LogP contribution is 2.33. The maximum Gasteiger partial charge on any atom is 0.284 e. The Morgan fingerprint density at radius 1 is 1.38 bits per heavy atom. The predicted molar refractivity (Wildman–Crippen MR) is 73.6 cm³/mol. The maximum atomic E-state index is 14.0. The van der Waals surface area contributed by atoms with E-state index in [9.17, 15) is 9.18 Å². The average molecular weight is 306 g/mol. The van der Waals surface area contributed by atoms with Gasteiger partial charge in [0.05, 0.1) is 10.6 Å². The third-order valence-electron chi connectivity index (χ3n) is 2.99. The van der Waals surface area contributed by atoms with Crippen LogP contribution in [0.1, 0.15) is 16.1 Å². The van der Waals surface area contributed by atoms with Gasteiger partial charge in [0.15, 0.2) is 0 Å². The van der Waals surface area contributed by atoms with Crippen molar-refractivity contribution in [3.05, 3.63) is 58.8 Å². The summed E-state index contributed by atoms with van der Waals surface area (Å²) in [4.78, 5) is 12.4. The van der Waals surface area contributed by atoms with Crippen molar-refractivity contribution < 1.29 is 13.7 Å². The van der Waals surface area contributed by atoms with Crippen LogP contribution in [0.5, 0.6) is 0 Å². The van der Waals surface area contributed by atoms with E-state index in [0.717, 1.165) is 4.68 Å². The number of nitrogens with zero attached hydrogens (tertiary/aromatic N) is 3. The van der Waals surface area contributed by atoms with Gasteiger partial charge in [-0.25, -0.2) is 9.07 Å². The number of aromatic nitrogens is 3. The van der Waals surface area contributed by atoms with Crippen LogP contribution in [0.25, 0.3) is 11.3 Å². The molecule has 0 aliphatic heterocycles. The smallest absolute Gasteiger partial charge is 0.284 e. The second-order valence-corrected chi connectivity index (χ2v) is 4.72. The molecule has 0 N–H and O–H groups in total. The predicted octanol–water partition coefficient (Wildman–Crippen LogP) is 3.33. The van der Waals surface area contributed by atoms with Crippen LogP contribution in [0.15, 0.2) is 41.2 Å². The van der Waals surface area contributed by atoms with Crippen LogP contribution in [0.2, 0.25) is 5.02 Å². The first-order chi connectivity index (χ1) is 10.1. The number of aryl methyl sites for hydroxylation is 1. The van der Waals surface area contributed by atoms with E-state index in [0.29, 0.717) is 0 Å². The lowest BCUT2D eigenvalue weighted by Crippen LogP contribution is -2.14. The van der Waals surface area contributed by atoms with E-state index in [4.69, 9.17) is 16.1 Å². The first kappa shape index (κ1) is 13.5. The summed E-state index contributed by atoms with van der Waals surface area (Å²) in [6.07, 6.45) is 2.96. The highest BCUT2D eigenvalue weighted by atomic mass is 35.5. The summed E-state index contributed by atoms with van der Waals surface area (Å²) in [5.41, 5.74) is 0.230. The standard InChI is InChI=1S/C14H9ClFN3O2/c1-8-11(14(20)19-7-3-6-17-19)13(18-21-8)12-9(15)4-2-5-10(12)16/h2-7H,1H3. The molecule has 0 unspecified atom stereocenters. The van der Waals surface area contributed by atoms with Crippen LogP contribution < -0.4 is 0 Å². The van der Waals surface area contributed by atoms with Gasteiger partial charge in [0, 0.05) is 12.4 Å². The van der Waals surface area contributed by atoms with Crippen LogP contribution in [0.4, 0.5) is 4.39 Å². The number of hydrogen-bond acceptors (Lipinski definition) is 4. The molecular weight excluding hydrogens is 297 g/mol. The SMILES string of the molecule is Cc1onc(-c2c(F)cccc2Cl)c1C(=O)n1cccn1. The summed E-state index contributed by atoms with van der Waals surface area (Å²) in [6, 6.07) is 5.85. The molecule has 0 amide bonds. The fraction of sp³-hybridized carbons (Fsp3) is 0.0714. The van der Waals surface area contributed by atoms with Crippen molar-refractivity contribution in [1.29, 1.82) is 0 Å². The normalized spacial score (nSPS) is 10.8. The molecule has 0 radical (unpaired) electrons. The molecule has 3 aromatic rings. The number of rotatable bonds is 2. The zero-order valence-corrected chi connectivity index (χ0v) is 11.6. The van der Waals surface area contributed by atoms with Gasteiger partial charge in [-0.2, -0.15) is 5.10 Å². The fourth-order valence-corrected chi connectivity index (χ4v) is 2.27. The van der Waals surface area contributed by atoms with Crippen molar-refractivity contribution in [3.63, 3.8) is 0 Å². The lowest BCUT2D eigenvalue weighted by atomic mass is 10.1. The molecule has 7 heteroatoms. The van der Waals surface area contributed by atoms with Crippen molar-refractivity contribution in [1.82, 2.24) is 14.9 Å². The number of hydrogen-bond donors (Lipinski definition) is 0. The van der Waals surface area contributed by atoms with E-state index >= 15 is 0 Å². The van der Waals surface area contributed by atoms with Gasteiger partial charge in [-0.15, -0.1) is 0 Å². The van der Waals surface area contributed by atoms with Crippen molar-refractivity contribution in [2.45, 2.75) is 6.92 Å². The van der Waals surface area contributed by atoms with Gasteiger partial charge < -0.3 is 4.52 Å². The quantitative estimate of drug-likeness (QED) is 0.728. The largest absolute Gasteiger partial charge is 0.360 e. The molecule has 0 bridgehead atoms. The molecule has 0 aliphatic rings. The van der Waals surface area contributed by atoms with Gasteiger partial charge >= 0.3 is 0 Å². The summed E-state index contributed by atoms with van der Waals surface area (Å²) >= 11 is 6.02. The second kappa shape index (κ2) is 5.14. The fourth-order valence-electron chi connectivity index (χ4n) is 2.02. The molecule has 2 heterocycles. The summed E-state index contributed by atoms with van der Waals surface area (Å²) in [5.74, 6) is -0.775. The zero-order chi connectivity index (χ0) is 15.0. The molecule has 0 atom stereocenters. The first-order valence-corrected chi connectivity index (χ1v) is 6.42. The van der Waals surface area contributed by atoms with Crippen LogP contribution >= 0.6 is 11.6 Å². The van der Waals surface area contributed by atoms with Gasteiger partial charge in [-0.05, 0) is 25.1 Å². The topological polar surface area (TPSA) is 60.9 Å². The van der Waals surface area contributed by atoms with Gasteiger partial charge in [0.2, 0.25) is 0 Å². The van der Waals surface area contributed by atoms with Crippen LogP contribution in [0, 0.1) is 12.7 Å². The minimum atomic E-state index is -0.578. The minimum Gasteiger partial charge on any atom is -0.360 e. The molecule has 1 aromatic carbocycles. The second-order valence-electron chi connectivity index (χ2n) is 4.31. The van der Waals surface area contributed by atoms with Crippen molar-refractivity contribution in [3.8, 4) is 11.3 Å². The number of carbonyl (C=O) groups excluding carboxylic acids is 1. The molecule has 0 spiro atoms. The Bertz CT molecular complexity index is 791. The Balaban J connectivity index is 2.21. The van der Waals surface area contributed by atoms with E-state index < -0.39 is 11.7 Å². The lowest BCUT2D eigenvalue weighted by Gasteiger charge is -2.05. The molecule has 21 heavy (non-hydrogen) atoms. The number of benzene rings is 1. The lowest BCUT2D eigenvalue weighted by molar-refractivity contribution is 0.0944. The third-order valence-corrected chi connectivity index (χ3v) is 3.30. The Kier molecular flexibility index (Phi) is 3.31. The van der Waals surface area contributed by atoms with Gasteiger partial charge in [0.1, 0.15) is 22.8 Å². The molecule has 5 nitrogen and oxygen atoms in total. The molecular formula is C14H9ClFN3O2. The van der Waals surface area contributed by atoms with Gasteiger partial charge in [0.25, 0.3) is 5.91 Å². The Morgan fingerprint density at radius 3 is 2.86 bits per heavy atom. The monoisotopic (exact) mass is 305 g/mol. The van der Waals surface area contributed by atoms with E-state index in [1.165, 1.54) is 30.6 Å². The first-order valence-electron chi connectivity index (χ1n) is 6.04. The minimum absolute atomic E-state index is 0.0338. The van der Waals surface area contributed by atoms with Crippen molar-refractivity contribution in [2.24, 2.45) is 0 Å². The Morgan fingerprint density at radius 2 is 2.19 bits per heavy atom. The molecule has 0 aliphatic carbocycles. The Labute approximate surface area is 123 Å². The number of halogens is 2. The van der Waals surface area contributed by atoms with Gasteiger partial charge in [-0.1, -0.05) is 22.8 Å². The summed E-state index contributed by atoms with van der Waals surface area (Å²) in [5, 5.41) is 7.79. The number of carbonyl (C=O) groups is 1. The molecule has 106 valence electrons. The third kappa shape index (κ3) is 2.23. The van der Waals surface area contributed by atoms with Gasteiger partial charge in [-0.3, -0.25) is 4.79 Å². The van der Waals surface area contributed by atoms with Crippen LogP contribution in [-0.4, -0.2) is 20.8 Å². The molecule has 0 saturated heterocycles. The molecule has 3 rings (SSSR count). The van der Waals surface area contributed by atoms with E-state index in [1.54, 1.807) is 13.0 Å². The molecule has 0 fully saturated rings. The highest BCUT2D eigenvalue weighted by molar-refractivity contribution is 6.33. The summed E-state index contributed by atoms with van der Waals surface area (Å²) < 4.78 is 20.2. The van der Waals surface area contributed by atoms with E-state index in [1.807, 2.05) is 0 Å².